The van der Waals surface area contributed by atoms with Crippen molar-refractivity contribution in [1.29, 1.82) is 0 Å². The fourth-order valence-corrected chi connectivity index (χ4v) is 6.54. The molecule has 2 aromatic rings. The van der Waals surface area contributed by atoms with Gasteiger partial charge in [0.2, 0.25) is 0 Å². The minimum absolute atomic E-state index is 0.0148. The number of para-hydroxylation sites is 1. The smallest absolute Gasteiger partial charge is 0.344 e. The number of esters is 1. The number of halogens is 1. The number of thioether (sulfide) groups is 1. The molecule has 1 aliphatic heterocycles. The van der Waals surface area contributed by atoms with Gasteiger partial charge < -0.3 is 14.2 Å². The van der Waals surface area contributed by atoms with Crippen molar-refractivity contribution in [3.8, 4) is 11.5 Å². The number of nitrogens with zero attached hydrogens (tertiary/aromatic N) is 2. The summed E-state index contributed by atoms with van der Waals surface area (Å²) in [6.45, 7) is 6.40. The number of benzene rings is 2. The summed E-state index contributed by atoms with van der Waals surface area (Å²) < 4.78 is 17.3. The first-order valence-electron chi connectivity index (χ1n) is 13.0. The third-order valence-corrected chi connectivity index (χ3v) is 8.27. The van der Waals surface area contributed by atoms with Crippen molar-refractivity contribution in [2.75, 3.05) is 19.8 Å². The molecule has 0 N–H and O–H groups in total. The quantitative estimate of drug-likeness (QED) is 0.169. The summed E-state index contributed by atoms with van der Waals surface area (Å²) >= 11 is 3.57. The highest BCUT2D eigenvalue weighted by molar-refractivity contribution is 14.1. The van der Waals surface area contributed by atoms with Crippen LogP contribution in [0.25, 0.3) is 6.08 Å². The Hall–Kier alpha value is -2.53. The van der Waals surface area contributed by atoms with Gasteiger partial charge in [0, 0.05) is 6.04 Å². The molecule has 0 unspecified atom stereocenters. The molecule has 9 heteroatoms. The number of aliphatic imine (C=N–C) groups is 1. The zero-order chi connectivity index (χ0) is 27.1. The van der Waals surface area contributed by atoms with Gasteiger partial charge in [0.05, 0.1) is 27.4 Å². The van der Waals surface area contributed by atoms with Gasteiger partial charge in [-0.15, -0.1) is 0 Å². The summed E-state index contributed by atoms with van der Waals surface area (Å²) in [5.41, 5.74) is 1.64. The van der Waals surface area contributed by atoms with E-state index in [1.165, 1.54) is 18.2 Å². The Bertz CT molecular complexity index is 1220. The predicted molar refractivity (Wildman–Crippen MR) is 160 cm³/mol. The van der Waals surface area contributed by atoms with Crippen LogP contribution in [-0.4, -0.2) is 47.8 Å². The molecule has 1 amide bonds. The molecule has 1 saturated heterocycles. The zero-order valence-electron chi connectivity index (χ0n) is 21.9. The van der Waals surface area contributed by atoms with E-state index in [0.29, 0.717) is 35.5 Å². The lowest BCUT2D eigenvalue weighted by atomic mass is 9.85. The number of amidine groups is 1. The Morgan fingerprint density at radius 2 is 1.89 bits per heavy atom. The first-order valence-corrected chi connectivity index (χ1v) is 14.9. The summed E-state index contributed by atoms with van der Waals surface area (Å²) in [6.07, 6.45) is 6.29. The second-order valence-electron chi connectivity index (χ2n) is 9.20. The molecule has 0 spiro atoms. The zero-order valence-corrected chi connectivity index (χ0v) is 24.9. The summed E-state index contributed by atoms with van der Waals surface area (Å²) in [6, 6.07) is 13.7. The monoisotopic (exact) mass is 648 g/mol. The Labute approximate surface area is 242 Å². The van der Waals surface area contributed by atoms with Crippen LogP contribution in [0.4, 0.5) is 5.69 Å². The number of hydrogen-bond donors (Lipinski definition) is 0. The average Bonchev–Trinajstić information content (AvgIpc) is 3.18. The van der Waals surface area contributed by atoms with E-state index < -0.39 is 5.97 Å². The molecule has 2 atom stereocenters. The summed E-state index contributed by atoms with van der Waals surface area (Å²) in [7, 11) is 0. The van der Waals surface area contributed by atoms with Crippen molar-refractivity contribution in [3.63, 3.8) is 0 Å². The maximum Gasteiger partial charge on any atom is 0.344 e. The average molecular weight is 649 g/mol. The van der Waals surface area contributed by atoms with Crippen LogP contribution < -0.4 is 9.47 Å². The maximum absolute atomic E-state index is 13.8. The van der Waals surface area contributed by atoms with Crippen LogP contribution in [-0.2, 0) is 14.3 Å². The Morgan fingerprint density at radius 1 is 1.13 bits per heavy atom. The largest absolute Gasteiger partial charge is 0.490 e. The molecule has 1 aliphatic carbocycles. The van der Waals surface area contributed by atoms with Gasteiger partial charge in [-0.3, -0.25) is 9.69 Å². The molecule has 0 aromatic heterocycles. The first kappa shape index (κ1) is 28.5. The number of ether oxygens (including phenoxy) is 3. The number of hydrogen-bond acceptors (Lipinski definition) is 7. The topological polar surface area (TPSA) is 77.4 Å². The van der Waals surface area contributed by atoms with E-state index in [1.54, 1.807) is 6.92 Å². The molecule has 1 saturated carbocycles. The molecule has 0 bridgehead atoms. The van der Waals surface area contributed by atoms with Crippen LogP contribution in [0.5, 0.6) is 11.5 Å². The lowest BCUT2D eigenvalue weighted by Gasteiger charge is -2.35. The van der Waals surface area contributed by atoms with E-state index in [-0.39, 0.29) is 18.6 Å². The highest BCUT2D eigenvalue weighted by Gasteiger charge is 2.41. The summed E-state index contributed by atoms with van der Waals surface area (Å²) in [5.74, 6) is 0.958. The molecule has 38 heavy (non-hydrogen) atoms. The van der Waals surface area contributed by atoms with E-state index in [2.05, 4.69) is 29.5 Å². The van der Waals surface area contributed by atoms with E-state index in [9.17, 15) is 9.59 Å². The van der Waals surface area contributed by atoms with Gasteiger partial charge in [0.15, 0.2) is 23.3 Å². The standard InChI is InChI=1S/C29H33IN2O5S/c1-4-35-24-16-20(15-22(30)27(24)37-18-26(33)36-5-2)17-25-28(34)32(23-14-10-9-11-19(23)3)29(38-25)31-21-12-7-6-8-13-21/h6-8,12-13,15-17,19,23H,4-5,9-11,14,18H2,1-3H3/b25-17-,31-29?/t19-,23-/m1/s1. The summed E-state index contributed by atoms with van der Waals surface area (Å²) in [5, 5.41) is 0.723. The van der Waals surface area contributed by atoms with Gasteiger partial charge in [-0.05, 0) is 103 Å². The number of carbonyl (C=O) groups excluding carboxylic acids is 2. The minimum atomic E-state index is -0.438. The molecule has 2 fully saturated rings. The number of amides is 1. The normalized spacial score (nSPS) is 21.7. The number of rotatable bonds is 9. The first-order chi connectivity index (χ1) is 18.4. The fourth-order valence-electron chi connectivity index (χ4n) is 4.71. The fraction of sp³-hybridized carbons (Fsp3) is 0.414. The van der Waals surface area contributed by atoms with E-state index in [4.69, 9.17) is 19.2 Å². The van der Waals surface area contributed by atoms with Gasteiger partial charge >= 0.3 is 5.97 Å². The highest BCUT2D eigenvalue weighted by atomic mass is 127. The lowest BCUT2D eigenvalue weighted by Crippen LogP contribution is -2.44. The minimum Gasteiger partial charge on any atom is -0.490 e. The van der Waals surface area contributed by atoms with Gasteiger partial charge in [-0.1, -0.05) is 38.0 Å². The van der Waals surface area contributed by atoms with Crippen molar-refractivity contribution < 1.29 is 23.8 Å². The van der Waals surface area contributed by atoms with Crippen molar-refractivity contribution >= 4 is 63.2 Å². The second-order valence-corrected chi connectivity index (χ2v) is 11.4. The Balaban J connectivity index is 1.67. The molecule has 1 heterocycles. The molecule has 2 aromatic carbocycles. The van der Waals surface area contributed by atoms with Crippen LogP contribution in [0.2, 0.25) is 0 Å². The third kappa shape index (κ3) is 6.91. The van der Waals surface area contributed by atoms with Crippen LogP contribution >= 0.6 is 34.4 Å². The van der Waals surface area contributed by atoms with Crippen LogP contribution in [0.3, 0.4) is 0 Å². The molecule has 202 valence electrons. The van der Waals surface area contributed by atoms with Crippen LogP contribution in [0.1, 0.15) is 52.0 Å². The molecular weight excluding hydrogens is 615 g/mol. The Kier molecular flexibility index (Phi) is 10.1. The van der Waals surface area contributed by atoms with Crippen molar-refractivity contribution in [2.24, 2.45) is 10.9 Å². The summed E-state index contributed by atoms with van der Waals surface area (Å²) in [4.78, 5) is 33.0. The Morgan fingerprint density at radius 3 is 2.61 bits per heavy atom. The lowest BCUT2D eigenvalue weighted by molar-refractivity contribution is -0.145. The van der Waals surface area contributed by atoms with E-state index in [0.717, 1.165) is 39.3 Å². The highest BCUT2D eigenvalue weighted by Crippen LogP contribution is 2.41. The third-order valence-electron chi connectivity index (χ3n) is 6.48. The van der Waals surface area contributed by atoms with Crippen LogP contribution in [0.15, 0.2) is 52.4 Å². The van der Waals surface area contributed by atoms with Gasteiger partial charge in [0.25, 0.3) is 5.91 Å². The van der Waals surface area contributed by atoms with Crippen molar-refractivity contribution in [1.82, 2.24) is 4.90 Å². The molecular formula is C29H33IN2O5S. The molecule has 2 aliphatic rings. The van der Waals surface area contributed by atoms with Gasteiger partial charge in [-0.2, -0.15) is 0 Å². The van der Waals surface area contributed by atoms with Gasteiger partial charge in [-0.25, -0.2) is 9.79 Å². The van der Waals surface area contributed by atoms with E-state index in [1.807, 2.05) is 60.4 Å². The predicted octanol–water partition coefficient (Wildman–Crippen LogP) is 6.81. The SMILES string of the molecule is CCOC(=O)COc1c(I)cc(/C=C2\SC(=Nc3ccccc3)N([C@@H]3CCCC[C@H]3C)C2=O)cc1OCC. The molecule has 7 nitrogen and oxygen atoms in total. The molecule has 4 rings (SSSR count). The number of carbonyl (C=O) groups is 2. The van der Waals surface area contributed by atoms with Gasteiger partial charge in [0.1, 0.15) is 0 Å². The van der Waals surface area contributed by atoms with Crippen LogP contribution in [0, 0.1) is 9.49 Å². The second kappa shape index (κ2) is 13.5. The molecule has 0 radical (unpaired) electrons. The maximum atomic E-state index is 13.8. The van der Waals surface area contributed by atoms with Crippen molar-refractivity contribution in [2.45, 2.75) is 52.5 Å². The van der Waals surface area contributed by atoms with Crippen molar-refractivity contribution in [3.05, 3.63) is 56.5 Å². The van der Waals surface area contributed by atoms with E-state index >= 15 is 0 Å².